The van der Waals surface area contributed by atoms with E-state index >= 15 is 0 Å². The molecule has 2 unspecified atom stereocenters. The smallest absolute Gasteiger partial charge is 0.183 e. The lowest BCUT2D eigenvalue weighted by Crippen LogP contribution is -2.55. The first-order chi connectivity index (χ1) is 9.80. The van der Waals surface area contributed by atoms with Crippen molar-refractivity contribution >= 4 is 25.8 Å². The number of benzene rings is 1. The zero-order chi connectivity index (χ0) is 15.7. The third kappa shape index (κ3) is 3.35. The van der Waals surface area contributed by atoms with Crippen molar-refractivity contribution in [2.45, 2.75) is 56.2 Å². The average molecular weight is 374 g/mol. The fraction of sp³-hybridized carbons (Fsp3) is 0.625. The van der Waals surface area contributed by atoms with Crippen LogP contribution in [0.4, 0.5) is 0 Å². The highest BCUT2D eigenvalue weighted by molar-refractivity contribution is 9.10. The lowest BCUT2D eigenvalue weighted by molar-refractivity contribution is 0.172. The molecule has 1 saturated carbocycles. The molecule has 1 fully saturated rings. The van der Waals surface area contributed by atoms with Crippen LogP contribution in [-0.4, -0.2) is 26.3 Å². The first-order valence-corrected chi connectivity index (χ1v) is 9.86. The molecule has 0 amide bonds. The highest BCUT2D eigenvalue weighted by atomic mass is 79.9. The van der Waals surface area contributed by atoms with Gasteiger partial charge in [0.25, 0.3) is 0 Å². The van der Waals surface area contributed by atoms with Gasteiger partial charge in [-0.1, -0.05) is 39.3 Å². The van der Waals surface area contributed by atoms with Crippen LogP contribution in [0, 0.1) is 5.41 Å². The number of hydrogen-bond donors (Lipinski definition) is 1. The number of nitrogens with one attached hydrogen (secondary N) is 1. The predicted octanol–water partition coefficient (Wildman–Crippen LogP) is 3.78. The Labute approximate surface area is 136 Å². The van der Waals surface area contributed by atoms with E-state index in [9.17, 15) is 8.42 Å². The molecular formula is C16H24BrNO2S. The van der Waals surface area contributed by atoms with E-state index in [0.717, 1.165) is 25.8 Å². The Hall–Kier alpha value is -0.390. The molecule has 0 spiro atoms. The molecule has 118 valence electrons. The Morgan fingerprint density at radius 1 is 1.33 bits per heavy atom. The molecule has 2 atom stereocenters. The van der Waals surface area contributed by atoms with Crippen molar-refractivity contribution in [3.63, 3.8) is 0 Å². The first kappa shape index (κ1) is 17.0. The molecular weight excluding hydrogens is 350 g/mol. The maximum absolute atomic E-state index is 13.1. The summed E-state index contributed by atoms with van der Waals surface area (Å²) in [6.07, 6.45) is 2.75. The maximum Gasteiger partial charge on any atom is 0.183 e. The summed E-state index contributed by atoms with van der Waals surface area (Å²) < 4.78 is 26.9. The van der Waals surface area contributed by atoms with Crippen LogP contribution in [0.15, 0.2) is 33.6 Å². The van der Waals surface area contributed by atoms with Gasteiger partial charge >= 0.3 is 0 Å². The van der Waals surface area contributed by atoms with Gasteiger partial charge in [-0.2, -0.15) is 0 Å². The van der Waals surface area contributed by atoms with E-state index in [1.165, 1.54) is 0 Å². The molecule has 1 N–H and O–H groups in total. The largest absolute Gasteiger partial charge is 0.312 e. The van der Waals surface area contributed by atoms with Crippen LogP contribution in [0.3, 0.4) is 0 Å². The van der Waals surface area contributed by atoms with Gasteiger partial charge in [0.2, 0.25) is 0 Å². The minimum Gasteiger partial charge on any atom is -0.312 e. The SMILES string of the molecule is CCNC1C(S(=O)(=O)c2ccccc2Br)CCCC1(C)C. The Morgan fingerprint density at radius 2 is 2.00 bits per heavy atom. The minimum atomic E-state index is -3.34. The van der Waals surface area contributed by atoms with Crippen LogP contribution >= 0.6 is 15.9 Å². The summed E-state index contributed by atoms with van der Waals surface area (Å²) in [6.45, 7) is 7.16. The number of rotatable bonds is 4. The van der Waals surface area contributed by atoms with Crippen LogP contribution < -0.4 is 5.32 Å². The summed E-state index contributed by atoms with van der Waals surface area (Å²) >= 11 is 3.39. The van der Waals surface area contributed by atoms with Gasteiger partial charge in [0.15, 0.2) is 9.84 Å². The van der Waals surface area contributed by atoms with Crippen molar-refractivity contribution in [2.24, 2.45) is 5.41 Å². The van der Waals surface area contributed by atoms with Crippen molar-refractivity contribution in [3.05, 3.63) is 28.7 Å². The van der Waals surface area contributed by atoms with E-state index in [1.807, 2.05) is 13.0 Å². The normalized spacial score (nSPS) is 25.7. The van der Waals surface area contributed by atoms with E-state index in [0.29, 0.717) is 9.37 Å². The lowest BCUT2D eigenvalue weighted by Gasteiger charge is -2.44. The molecule has 0 aliphatic heterocycles. The second-order valence-electron chi connectivity index (χ2n) is 6.43. The van der Waals surface area contributed by atoms with Crippen molar-refractivity contribution < 1.29 is 8.42 Å². The van der Waals surface area contributed by atoms with Crippen molar-refractivity contribution in [1.29, 1.82) is 0 Å². The van der Waals surface area contributed by atoms with Crippen molar-refractivity contribution in [1.82, 2.24) is 5.32 Å². The van der Waals surface area contributed by atoms with Crippen LogP contribution in [-0.2, 0) is 9.84 Å². The molecule has 5 heteroatoms. The summed E-state index contributed by atoms with van der Waals surface area (Å²) in [5.41, 5.74) is -0.00669. The third-order valence-electron chi connectivity index (χ3n) is 4.49. The van der Waals surface area contributed by atoms with E-state index in [-0.39, 0.29) is 16.7 Å². The summed E-state index contributed by atoms with van der Waals surface area (Å²) in [4.78, 5) is 0.413. The van der Waals surface area contributed by atoms with Gasteiger partial charge in [-0.3, -0.25) is 0 Å². The summed E-state index contributed by atoms with van der Waals surface area (Å²) in [6, 6.07) is 7.12. The number of sulfone groups is 1. The topological polar surface area (TPSA) is 46.2 Å². The molecule has 21 heavy (non-hydrogen) atoms. The quantitative estimate of drug-likeness (QED) is 0.873. The molecule has 1 aliphatic rings. The van der Waals surface area contributed by atoms with E-state index in [4.69, 9.17) is 0 Å². The van der Waals surface area contributed by atoms with Gasteiger partial charge in [0, 0.05) is 10.5 Å². The van der Waals surface area contributed by atoms with Crippen molar-refractivity contribution in [2.75, 3.05) is 6.54 Å². The molecule has 0 aromatic heterocycles. The van der Waals surface area contributed by atoms with Crippen LogP contribution in [0.25, 0.3) is 0 Å². The van der Waals surface area contributed by atoms with E-state index in [1.54, 1.807) is 18.2 Å². The van der Waals surface area contributed by atoms with Gasteiger partial charge in [-0.25, -0.2) is 8.42 Å². The first-order valence-electron chi connectivity index (χ1n) is 7.52. The minimum absolute atomic E-state index is 0.00615. The highest BCUT2D eigenvalue weighted by Crippen LogP contribution is 2.41. The molecule has 1 aromatic rings. The Balaban J connectivity index is 2.44. The van der Waals surface area contributed by atoms with Crippen LogP contribution in [0.2, 0.25) is 0 Å². The molecule has 0 bridgehead atoms. The second-order valence-corrected chi connectivity index (χ2v) is 9.42. The number of hydrogen-bond acceptors (Lipinski definition) is 3. The zero-order valence-electron chi connectivity index (χ0n) is 12.9. The van der Waals surface area contributed by atoms with E-state index < -0.39 is 9.84 Å². The zero-order valence-corrected chi connectivity index (χ0v) is 15.3. The molecule has 2 rings (SSSR count). The number of halogens is 1. The molecule has 0 heterocycles. The van der Waals surface area contributed by atoms with E-state index in [2.05, 4.69) is 35.1 Å². The van der Waals surface area contributed by atoms with Crippen molar-refractivity contribution in [3.8, 4) is 0 Å². The molecule has 3 nitrogen and oxygen atoms in total. The van der Waals surface area contributed by atoms with Gasteiger partial charge in [0.1, 0.15) is 0 Å². The monoisotopic (exact) mass is 373 g/mol. The molecule has 1 aromatic carbocycles. The predicted molar refractivity (Wildman–Crippen MR) is 90.2 cm³/mol. The van der Waals surface area contributed by atoms with Gasteiger partial charge in [-0.15, -0.1) is 0 Å². The molecule has 1 aliphatic carbocycles. The van der Waals surface area contributed by atoms with Gasteiger partial charge in [-0.05, 0) is 52.9 Å². The summed E-state index contributed by atoms with van der Waals surface area (Å²) in [5, 5.41) is 3.06. The lowest BCUT2D eigenvalue weighted by atomic mass is 9.73. The Kier molecular flexibility index (Phi) is 5.16. The third-order valence-corrected chi connectivity index (χ3v) is 7.72. The molecule has 0 saturated heterocycles. The standard InChI is InChI=1S/C16H24BrNO2S/c1-4-18-15-14(10-7-11-16(15,2)3)21(19,20)13-9-6-5-8-12(13)17/h5-6,8-9,14-15,18H,4,7,10-11H2,1-3H3. The summed E-state index contributed by atoms with van der Waals surface area (Å²) in [5.74, 6) is 0. The fourth-order valence-electron chi connectivity index (χ4n) is 3.38. The molecule has 0 radical (unpaired) electrons. The average Bonchev–Trinajstić information content (AvgIpc) is 2.41. The Morgan fingerprint density at radius 3 is 2.62 bits per heavy atom. The maximum atomic E-state index is 13.1. The van der Waals surface area contributed by atoms with Crippen LogP contribution in [0.5, 0.6) is 0 Å². The summed E-state index contributed by atoms with van der Waals surface area (Å²) in [7, 11) is -3.34. The van der Waals surface area contributed by atoms with Gasteiger partial charge < -0.3 is 5.32 Å². The fourth-order valence-corrected chi connectivity index (χ4v) is 6.58. The van der Waals surface area contributed by atoms with Gasteiger partial charge in [0.05, 0.1) is 10.1 Å². The Bertz CT molecular complexity index is 598. The van der Waals surface area contributed by atoms with Crippen LogP contribution in [0.1, 0.15) is 40.0 Å². The highest BCUT2D eigenvalue weighted by Gasteiger charge is 2.45. The second kappa shape index (κ2) is 6.39.